The quantitative estimate of drug-likeness (QED) is 0.846. The van der Waals surface area contributed by atoms with E-state index in [2.05, 4.69) is 44.8 Å². The lowest BCUT2D eigenvalue weighted by Crippen LogP contribution is -2.35. The Morgan fingerprint density at radius 3 is 2.71 bits per heavy atom. The van der Waals surface area contributed by atoms with Crippen molar-refractivity contribution in [3.8, 4) is 0 Å². The Morgan fingerprint density at radius 1 is 1.33 bits per heavy atom. The molecule has 0 saturated carbocycles. The fraction of sp³-hybridized carbons (Fsp3) is 0.824. The Kier molecular flexibility index (Phi) is 5.67. The maximum absolute atomic E-state index is 4.99. The molecule has 2 heterocycles. The minimum Gasteiger partial charge on any atom is -0.345 e. The first kappa shape index (κ1) is 16.8. The molecule has 120 valence electrons. The van der Waals surface area contributed by atoms with Gasteiger partial charge in [-0.2, -0.15) is 0 Å². The van der Waals surface area contributed by atoms with Crippen LogP contribution in [0.1, 0.15) is 70.9 Å². The van der Waals surface area contributed by atoms with Gasteiger partial charge in [0.2, 0.25) is 0 Å². The van der Waals surface area contributed by atoms with E-state index < -0.39 is 0 Å². The van der Waals surface area contributed by atoms with Crippen LogP contribution in [-0.2, 0) is 13.0 Å². The first-order chi connectivity index (χ1) is 9.94. The van der Waals surface area contributed by atoms with Crippen LogP contribution in [0.5, 0.6) is 0 Å². The molecule has 1 atom stereocenters. The standard InChI is InChI=1S/C17H31N3S/c1-6-9-14-15(12-18-17(3,4)5)21-16(19-14)20-11-8-10-13(20)7-2/h13,18H,6-12H2,1-5H3. The normalized spacial score (nSPS) is 19.5. The zero-order valence-electron chi connectivity index (χ0n) is 14.3. The van der Waals surface area contributed by atoms with Crippen molar-refractivity contribution in [2.24, 2.45) is 0 Å². The number of thiazole rings is 1. The van der Waals surface area contributed by atoms with Crippen molar-refractivity contribution in [3.63, 3.8) is 0 Å². The van der Waals surface area contributed by atoms with Gasteiger partial charge < -0.3 is 10.2 Å². The fourth-order valence-corrected chi connectivity index (χ4v) is 4.06. The molecule has 1 aliphatic rings. The minimum absolute atomic E-state index is 0.160. The summed E-state index contributed by atoms with van der Waals surface area (Å²) < 4.78 is 0. The van der Waals surface area contributed by atoms with Gasteiger partial charge in [-0.05, 0) is 46.5 Å². The first-order valence-electron chi connectivity index (χ1n) is 8.44. The fourth-order valence-electron chi connectivity index (χ4n) is 2.92. The second-order valence-electron chi connectivity index (χ2n) is 7.12. The van der Waals surface area contributed by atoms with E-state index in [0.29, 0.717) is 6.04 Å². The summed E-state index contributed by atoms with van der Waals surface area (Å²) >= 11 is 1.91. The molecule has 0 amide bonds. The van der Waals surface area contributed by atoms with Gasteiger partial charge in [0.25, 0.3) is 0 Å². The van der Waals surface area contributed by atoms with Crippen molar-refractivity contribution in [2.45, 2.75) is 84.8 Å². The van der Waals surface area contributed by atoms with Crippen LogP contribution < -0.4 is 10.2 Å². The van der Waals surface area contributed by atoms with Gasteiger partial charge in [-0.15, -0.1) is 11.3 Å². The van der Waals surface area contributed by atoms with E-state index in [1.807, 2.05) is 11.3 Å². The maximum atomic E-state index is 4.99. The highest BCUT2D eigenvalue weighted by atomic mass is 32.1. The van der Waals surface area contributed by atoms with Crippen molar-refractivity contribution in [1.29, 1.82) is 0 Å². The van der Waals surface area contributed by atoms with Gasteiger partial charge in [0.1, 0.15) is 0 Å². The van der Waals surface area contributed by atoms with Crippen LogP contribution in [-0.4, -0.2) is 23.1 Å². The SMILES string of the molecule is CCCc1nc(N2CCCC2CC)sc1CNC(C)(C)C. The third-order valence-electron chi connectivity index (χ3n) is 4.13. The molecule has 1 fully saturated rings. The van der Waals surface area contributed by atoms with Crippen molar-refractivity contribution < 1.29 is 0 Å². The van der Waals surface area contributed by atoms with Gasteiger partial charge in [-0.1, -0.05) is 20.3 Å². The van der Waals surface area contributed by atoms with E-state index >= 15 is 0 Å². The monoisotopic (exact) mass is 309 g/mol. The van der Waals surface area contributed by atoms with Crippen LogP contribution in [0.15, 0.2) is 0 Å². The average molecular weight is 310 g/mol. The Bertz CT molecular complexity index is 447. The number of nitrogens with zero attached hydrogens (tertiary/aromatic N) is 2. The molecule has 3 nitrogen and oxygen atoms in total. The molecular formula is C17H31N3S. The van der Waals surface area contributed by atoms with Gasteiger partial charge in [0.15, 0.2) is 5.13 Å². The van der Waals surface area contributed by atoms with Crippen LogP contribution in [0.2, 0.25) is 0 Å². The molecule has 0 radical (unpaired) electrons. The van der Waals surface area contributed by atoms with Crippen LogP contribution in [0.4, 0.5) is 5.13 Å². The summed E-state index contributed by atoms with van der Waals surface area (Å²) in [6.45, 7) is 13.3. The van der Waals surface area contributed by atoms with E-state index in [1.54, 1.807) is 0 Å². The van der Waals surface area contributed by atoms with E-state index in [-0.39, 0.29) is 5.54 Å². The number of rotatable bonds is 6. The van der Waals surface area contributed by atoms with E-state index in [1.165, 1.54) is 47.9 Å². The number of hydrogen-bond acceptors (Lipinski definition) is 4. The molecular weight excluding hydrogens is 278 g/mol. The molecule has 0 bridgehead atoms. The second kappa shape index (κ2) is 7.10. The average Bonchev–Trinajstić information content (AvgIpc) is 3.01. The third kappa shape index (κ3) is 4.43. The van der Waals surface area contributed by atoms with E-state index in [9.17, 15) is 0 Å². The molecule has 0 aliphatic carbocycles. The van der Waals surface area contributed by atoms with Crippen molar-refractivity contribution >= 4 is 16.5 Å². The molecule has 1 N–H and O–H groups in total. The summed E-state index contributed by atoms with van der Waals surface area (Å²) in [4.78, 5) is 8.97. The van der Waals surface area contributed by atoms with Gasteiger partial charge in [0, 0.05) is 29.5 Å². The smallest absolute Gasteiger partial charge is 0.186 e. The highest BCUT2D eigenvalue weighted by Crippen LogP contribution is 2.33. The van der Waals surface area contributed by atoms with Gasteiger partial charge >= 0.3 is 0 Å². The lowest BCUT2D eigenvalue weighted by Gasteiger charge is -2.22. The topological polar surface area (TPSA) is 28.2 Å². The van der Waals surface area contributed by atoms with Crippen LogP contribution in [0, 0.1) is 0 Å². The highest BCUT2D eigenvalue weighted by Gasteiger charge is 2.26. The molecule has 0 spiro atoms. The Labute approximate surface area is 134 Å². The summed E-state index contributed by atoms with van der Waals surface area (Å²) in [5.74, 6) is 0. The summed E-state index contributed by atoms with van der Waals surface area (Å²) in [5.41, 5.74) is 1.48. The molecule has 0 aromatic carbocycles. The molecule has 2 rings (SSSR count). The molecule has 1 aliphatic heterocycles. The molecule has 4 heteroatoms. The van der Waals surface area contributed by atoms with Crippen molar-refractivity contribution in [1.82, 2.24) is 10.3 Å². The van der Waals surface area contributed by atoms with E-state index in [4.69, 9.17) is 4.98 Å². The summed E-state index contributed by atoms with van der Waals surface area (Å²) in [6, 6.07) is 0.703. The molecule has 1 saturated heterocycles. The predicted molar refractivity (Wildman–Crippen MR) is 93.4 cm³/mol. The Balaban J connectivity index is 2.16. The van der Waals surface area contributed by atoms with Gasteiger partial charge in [-0.25, -0.2) is 4.98 Å². The van der Waals surface area contributed by atoms with Crippen LogP contribution >= 0.6 is 11.3 Å². The minimum atomic E-state index is 0.160. The largest absolute Gasteiger partial charge is 0.345 e. The zero-order chi connectivity index (χ0) is 15.5. The van der Waals surface area contributed by atoms with Crippen LogP contribution in [0.3, 0.4) is 0 Å². The lowest BCUT2D eigenvalue weighted by molar-refractivity contribution is 0.425. The number of aryl methyl sites for hydroxylation is 1. The Morgan fingerprint density at radius 2 is 2.10 bits per heavy atom. The van der Waals surface area contributed by atoms with E-state index in [0.717, 1.165) is 13.0 Å². The number of anilines is 1. The number of aromatic nitrogens is 1. The molecule has 1 aromatic rings. The highest BCUT2D eigenvalue weighted by molar-refractivity contribution is 7.15. The van der Waals surface area contributed by atoms with Gasteiger partial charge in [0.05, 0.1) is 5.69 Å². The molecule has 1 unspecified atom stereocenters. The lowest BCUT2D eigenvalue weighted by atomic mass is 10.1. The predicted octanol–water partition coefficient (Wildman–Crippen LogP) is 4.36. The summed E-state index contributed by atoms with van der Waals surface area (Å²) in [5, 5.41) is 4.88. The van der Waals surface area contributed by atoms with Crippen molar-refractivity contribution in [3.05, 3.63) is 10.6 Å². The molecule has 1 aromatic heterocycles. The summed E-state index contributed by atoms with van der Waals surface area (Å²) in [6.07, 6.45) is 6.15. The third-order valence-corrected chi connectivity index (χ3v) is 5.26. The number of nitrogens with one attached hydrogen (secondary N) is 1. The molecule has 21 heavy (non-hydrogen) atoms. The zero-order valence-corrected chi connectivity index (χ0v) is 15.1. The summed E-state index contributed by atoms with van der Waals surface area (Å²) in [7, 11) is 0. The Hall–Kier alpha value is -0.610. The maximum Gasteiger partial charge on any atom is 0.186 e. The second-order valence-corrected chi connectivity index (χ2v) is 8.18. The first-order valence-corrected chi connectivity index (χ1v) is 9.26. The number of hydrogen-bond donors (Lipinski definition) is 1. The van der Waals surface area contributed by atoms with Crippen molar-refractivity contribution in [2.75, 3.05) is 11.4 Å². The van der Waals surface area contributed by atoms with Gasteiger partial charge in [-0.3, -0.25) is 0 Å². The van der Waals surface area contributed by atoms with Crippen LogP contribution in [0.25, 0.3) is 0 Å².